The second-order valence-corrected chi connectivity index (χ2v) is 23.2. The number of hydrogen-bond donors (Lipinski definition) is 2. The van der Waals surface area contributed by atoms with Gasteiger partial charge in [-0.1, -0.05) is 134 Å². The van der Waals surface area contributed by atoms with Crippen LogP contribution in [0, 0.1) is 0 Å². The maximum absolute atomic E-state index is 13.5. The fraction of sp³-hybridized carbons (Fsp3) is 0.406. The van der Waals surface area contributed by atoms with Gasteiger partial charge in [0.25, 0.3) is 0 Å². The fourth-order valence-electron chi connectivity index (χ4n) is 12.0. The number of ether oxygens (including phenoxy) is 4. The normalized spacial score (nSPS) is 24.8. The van der Waals surface area contributed by atoms with Crippen molar-refractivity contribution in [1.82, 2.24) is 20.4 Å². The number of benzene rings is 6. The number of thiocarbonyl (C=S) groups is 1. The zero-order chi connectivity index (χ0) is 61.8. The van der Waals surface area contributed by atoms with Crippen molar-refractivity contribution in [3.8, 4) is 0 Å². The number of rotatable bonds is 18. The molecule has 4 aliphatic heterocycles. The number of halogens is 12. The van der Waals surface area contributed by atoms with Gasteiger partial charge in [0.2, 0.25) is 5.91 Å². The molecule has 6 aromatic rings. The Hall–Kier alpha value is -6.40. The van der Waals surface area contributed by atoms with Crippen molar-refractivity contribution in [2.75, 3.05) is 52.6 Å². The molecule has 460 valence electrons. The molecule has 0 saturated carbocycles. The smallest absolute Gasteiger partial charge is 0.374 e. The van der Waals surface area contributed by atoms with E-state index in [1.54, 1.807) is 0 Å². The molecule has 10 rings (SSSR count). The Morgan fingerprint density at radius 2 is 0.802 bits per heavy atom. The topological polar surface area (TPSA) is 84.5 Å². The largest absolute Gasteiger partial charge is 0.416 e. The minimum Gasteiger partial charge on any atom is -0.374 e. The summed E-state index contributed by atoms with van der Waals surface area (Å²) in [4.78, 5) is 17.8. The number of carbonyl (C=O) groups excluding carboxylic acids is 1. The van der Waals surface area contributed by atoms with E-state index < -0.39 is 81.3 Å². The monoisotopic (exact) mass is 1230 g/mol. The van der Waals surface area contributed by atoms with Crippen molar-refractivity contribution in [2.45, 2.75) is 112 Å². The average molecular weight is 1230 g/mol. The van der Waals surface area contributed by atoms with Crippen molar-refractivity contribution in [3.63, 3.8) is 0 Å². The maximum Gasteiger partial charge on any atom is 0.416 e. The van der Waals surface area contributed by atoms with E-state index >= 15 is 0 Å². The third kappa shape index (κ3) is 15.1. The van der Waals surface area contributed by atoms with Crippen molar-refractivity contribution < 1.29 is 76.4 Å². The van der Waals surface area contributed by atoms with Gasteiger partial charge in [0.15, 0.2) is 0 Å². The van der Waals surface area contributed by atoms with Gasteiger partial charge in [0, 0.05) is 19.6 Å². The highest BCUT2D eigenvalue weighted by atomic mass is 32.1. The van der Waals surface area contributed by atoms with Gasteiger partial charge in [-0.2, -0.15) is 52.7 Å². The van der Waals surface area contributed by atoms with Crippen LogP contribution in [-0.4, -0.2) is 84.4 Å². The van der Waals surface area contributed by atoms with E-state index in [0.717, 1.165) is 34.4 Å². The molecule has 0 spiro atoms. The van der Waals surface area contributed by atoms with Crippen molar-refractivity contribution >= 4 is 23.1 Å². The SMILES string of the molecule is C[C@@H](OC[C@@]1(c2ccccc2)CC[C@]2(COCc3ccccc3)CN1CC(=O)N2)c1cc(C(F)(F)F)cc(C(F)(F)F)c1.C[C@@H](OC[C@@]1(c2ccccc2)CC[C@]2(COCc3ccccc3)CN1CC(=S)N2)c1cc(C(F)(F)F)cc(C(F)(F)F)c1. The van der Waals surface area contributed by atoms with E-state index in [-0.39, 0.29) is 55.5 Å². The van der Waals surface area contributed by atoms with Gasteiger partial charge in [0.1, 0.15) is 0 Å². The number of piperazine rings is 2. The van der Waals surface area contributed by atoms with Gasteiger partial charge in [-0.05, 0) is 109 Å². The van der Waals surface area contributed by atoms with Crippen LogP contribution in [0.4, 0.5) is 52.7 Å². The molecule has 9 nitrogen and oxygen atoms in total. The van der Waals surface area contributed by atoms with Gasteiger partial charge in [-0.25, -0.2) is 0 Å². The number of nitrogens with zero attached hydrogens (tertiary/aromatic N) is 2. The Morgan fingerprint density at radius 1 is 0.465 bits per heavy atom. The number of fused-ring (bicyclic) bond motifs is 4. The Bertz CT molecular complexity index is 2990. The average Bonchev–Trinajstić information content (AvgIpc) is 0.898. The fourth-order valence-corrected chi connectivity index (χ4v) is 12.4. The van der Waals surface area contributed by atoms with E-state index in [1.807, 2.05) is 126 Å². The summed E-state index contributed by atoms with van der Waals surface area (Å²) in [6.45, 7) is 5.86. The van der Waals surface area contributed by atoms with E-state index in [2.05, 4.69) is 15.5 Å². The second kappa shape index (κ2) is 25.7. The predicted molar refractivity (Wildman–Crippen MR) is 301 cm³/mol. The third-order valence-electron chi connectivity index (χ3n) is 16.6. The molecule has 6 aromatic carbocycles. The van der Waals surface area contributed by atoms with Gasteiger partial charge in [-0.3, -0.25) is 14.6 Å². The molecule has 4 saturated heterocycles. The molecular formula is C64H64F12N4O5S. The number of alkyl halides is 12. The lowest BCUT2D eigenvalue weighted by Gasteiger charge is -2.57. The Labute approximate surface area is 495 Å². The lowest BCUT2D eigenvalue weighted by Crippen LogP contribution is -2.73. The van der Waals surface area contributed by atoms with Gasteiger partial charge < -0.3 is 29.6 Å². The van der Waals surface area contributed by atoms with Crippen molar-refractivity contribution in [1.29, 1.82) is 0 Å². The number of piperidine rings is 2. The molecule has 2 N–H and O–H groups in total. The Balaban J connectivity index is 0.000000205. The summed E-state index contributed by atoms with van der Waals surface area (Å²) >= 11 is 5.68. The number of nitrogens with one attached hydrogen (secondary N) is 2. The summed E-state index contributed by atoms with van der Waals surface area (Å²) in [6.07, 6.45) is -19.6. The first kappa shape index (κ1) is 64.1. The van der Waals surface area contributed by atoms with Crippen LogP contribution in [0.3, 0.4) is 0 Å². The van der Waals surface area contributed by atoms with Gasteiger partial charge in [0.05, 0.1) is 108 Å². The van der Waals surface area contributed by atoms with Crippen LogP contribution in [0.2, 0.25) is 0 Å². The van der Waals surface area contributed by atoms with Crippen molar-refractivity contribution in [3.05, 3.63) is 213 Å². The second-order valence-electron chi connectivity index (χ2n) is 22.7. The Morgan fingerprint density at radius 3 is 1.16 bits per heavy atom. The summed E-state index contributed by atoms with van der Waals surface area (Å²) in [5.74, 6) is -0.199. The molecular weight excluding hydrogens is 1160 g/mol. The minimum atomic E-state index is -4.96. The summed E-state index contributed by atoms with van der Waals surface area (Å²) in [6, 6.07) is 41.5. The van der Waals surface area contributed by atoms with Crippen LogP contribution in [0.5, 0.6) is 0 Å². The molecule has 0 radical (unpaired) electrons. The van der Waals surface area contributed by atoms with Crippen LogP contribution >= 0.6 is 12.2 Å². The maximum atomic E-state index is 13.5. The highest BCUT2D eigenvalue weighted by Crippen LogP contribution is 2.47. The summed E-state index contributed by atoms with van der Waals surface area (Å²) in [5, 5.41) is 6.59. The lowest BCUT2D eigenvalue weighted by atomic mass is 9.73. The molecule has 1 amide bonds. The molecule has 4 aliphatic rings. The molecule has 4 fully saturated rings. The van der Waals surface area contributed by atoms with Crippen LogP contribution in [0.1, 0.15) is 107 Å². The molecule has 2 unspecified atom stereocenters. The van der Waals surface area contributed by atoms with Gasteiger partial charge >= 0.3 is 24.7 Å². The van der Waals surface area contributed by atoms with Crippen LogP contribution in [-0.2, 0) is 72.7 Å². The summed E-state index contributed by atoms with van der Waals surface area (Å²) in [7, 11) is 0. The molecule has 22 heteroatoms. The summed E-state index contributed by atoms with van der Waals surface area (Å²) in [5.41, 5.74) is -4.77. The molecule has 4 bridgehead atoms. The zero-order valence-electron chi connectivity index (χ0n) is 46.9. The van der Waals surface area contributed by atoms with Crippen molar-refractivity contribution in [2.24, 2.45) is 0 Å². The lowest BCUT2D eigenvalue weighted by molar-refractivity contribution is -0.149. The number of amides is 1. The highest BCUT2D eigenvalue weighted by Gasteiger charge is 2.55. The van der Waals surface area contributed by atoms with Crippen LogP contribution < -0.4 is 10.6 Å². The van der Waals surface area contributed by atoms with Gasteiger partial charge in [-0.15, -0.1) is 0 Å². The Kier molecular flexibility index (Phi) is 19.2. The van der Waals surface area contributed by atoms with E-state index in [1.165, 1.54) is 13.8 Å². The summed E-state index contributed by atoms with van der Waals surface area (Å²) < 4.78 is 187. The third-order valence-corrected chi connectivity index (χ3v) is 16.8. The zero-order valence-corrected chi connectivity index (χ0v) is 47.8. The first-order valence-corrected chi connectivity index (χ1v) is 28.3. The predicted octanol–water partition coefficient (Wildman–Crippen LogP) is 14.6. The molecule has 86 heavy (non-hydrogen) atoms. The molecule has 4 heterocycles. The van der Waals surface area contributed by atoms with E-state index in [9.17, 15) is 57.5 Å². The van der Waals surface area contributed by atoms with E-state index in [4.69, 9.17) is 31.2 Å². The van der Waals surface area contributed by atoms with Crippen LogP contribution in [0.25, 0.3) is 0 Å². The first-order chi connectivity index (χ1) is 40.6. The molecule has 0 aliphatic carbocycles. The number of carbonyl (C=O) groups is 1. The first-order valence-electron chi connectivity index (χ1n) is 27.9. The highest BCUT2D eigenvalue weighted by molar-refractivity contribution is 7.80. The molecule has 8 atom stereocenters. The molecule has 0 aromatic heterocycles. The standard InChI is InChI=1S/C32H32F6N2O3.C32H32F6N2O2S/c1-22(24-14-26(31(33,34)35)16-27(15-24)32(36,37)38)43-21-30(25-10-6-3-7-11-25)13-12-29(19-40(30)17-28(41)39-29)20-42-18-23-8-4-2-5-9-23;1-22(24-14-26(31(33,34)35)16-27(15-24)32(36,37)38)42-21-30(25-10-6-3-7-11-25)13-12-29(19-40(30)17-28(43)39-29)20-41-18-23-8-4-2-5-9-23/h2-11,14-16,22H,12-13,17-21H2,1H3,(H,39,41);2-11,14-16,22H,12-13,17-21H2,1H3,(H,39,43)/t2*22-,29-,30-/m11/s1. The number of hydrogen-bond acceptors (Lipinski definition) is 8. The van der Waals surface area contributed by atoms with E-state index in [0.29, 0.717) is 82.3 Å². The van der Waals surface area contributed by atoms with Crippen LogP contribution in [0.15, 0.2) is 158 Å². The quantitative estimate of drug-likeness (QED) is 0.0646. The minimum absolute atomic E-state index is 0.0410.